The minimum Gasteiger partial charge on any atom is -0.462 e. The van der Waals surface area contributed by atoms with Gasteiger partial charge in [-0.25, -0.2) is 0 Å². The molecule has 0 saturated heterocycles. The van der Waals surface area contributed by atoms with Crippen LogP contribution >= 0.6 is 0 Å². The molecule has 0 saturated carbocycles. The van der Waals surface area contributed by atoms with Crippen LogP contribution in [0.2, 0.25) is 0 Å². The van der Waals surface area contributed by atoms with Gasteiger partial charge in [0.1, 0.15) is 6.10 Å². The molecule has 0 aliphatic heterocycles. The molecule has 0 N–H and O–H groups in total. The van der Waals surface area contributed by atoms with Crippen LogP contribution in [0.4, 0.5) is 0 Å². The lowest BCUT2D eigenvalue weighted by molar-refractivity contribution is -0.153. The van der Waals surface area contributed by atoms with Crippen LogP contribution in [0.5, 0.6) is 0 Å². The van der Waals surface area contributed by atoms with E-state index in [-0.39, 0.29) is 12.1 Å². The summed E-state index contributed by atoms with van der Waals surface area (Å²) in [5, 5.41) is 0. The van der Waals surface area contributed by atoms with Gasteiger partial charge in [-0.15, -0.1) is 0 Å². The van der Waals surface area contributed by atoms with Crippen LogP contribution in [0, 0.1) is 11.8 Å². The van der Waals surface area contributed by atoms with E-state index in [4.69, 9.17) is 4.74 Å². The summed E-state index contributed by atoms with van der Waals surface area (Å²) in [6.45, 7) is 10.2. The van der Waals surface area contributed by atoms with Crippen LogP contribution in [-0.4, -0.2) is 37.6 Å². The van der Waals surface area contributed by atoms with Gasteiger partial charge < -0.3 is 9.64 Å². The van der Waals surface area contributed by atoms with Gasteiger partial charge in [0.15, 0.2) is 0 Å². The van der Waals surface area contributed by atoms with Gasteiger partial charge in [0, 0.05) is 6.42 Å². The average molecular weight is 618 g/mol. The molecule has 3 heteroatoms. The van der Waals surface area contributed by atoms with Crippen molar-refractivity contribution >= 4 is 5.97 Å². The zero-order chi connectivity index (χ0) is 32.5. The highest BCUT2D eigenvalue weighted by Gasteiger charge is 2.27. The molecule has 0 aliphatic rings. The Hall–Kier alpha value is -1.09. The third-order valence-corrected chi connectivity index (χ3v) is 9.22. The first-order valence-corrected chi connectivity index (χ1v) is 19.6. The Morgan fingerprint density at radius 2 is 1.07 bits per heavy atom. The van der Waals surface area contributed by atoms with Crippen molar-refractivity contribution in [2.24, 2.45) is 11.8 Å². The predicted molar refractivity (Wildman–Crippen MR) is 196 cm³/mol. The number of ether oxygens (including phenoxy) is 1. The monoisotopic (exact) mass is 618 g/mol. The van der Waals surface area contributed by atoms with Crippen molar-refractivity contribution in [1.82, 2.24) is 4.90 Å². The molecule has 0 aliphatic carbocycles. The molecular weight excluding hydrogens is 538 g/mol. The number of carbonyl (C=O) groups excluding carboxylic acids is 1. The van der Waals surface area contributed by atoms with Crippen molar-refractivity contribution < 1.29 is 9.53 Å². The smallest absolute Gasteiger partial charge is 0.306 e. The molecule has 0 heterocycles. The van der Waals surface area contributed by atoms with Crippen LogP contribution < -0.4 is 0 Å². The van der Waals surface area contributed by atoms with E-state index in [0.717, 1.165) is 38.6 Å². The highest BCUT2D eigenvalue weighted by Crippen LogP contribution is 2.31. The normalized spacial score (nSPS) is 14.2. The maximum absolute atomic E-state index is 13.2. The van der Waals surface area contributed by atoms with Crippen molar-refractivity contribution in [3.8, 4) is 0 Å². The first-order valence-electron chi connectivity index (χ1n) is 19.6. The second-order valence-corrected chi connectivity index (χ2v) is 13.9. The molecule has 0 bridgehead atoms. The molecule has 0 aromatic carbocycles. The summed E-state index contributed by atoms with van der Waals surface area (Å²) in [4.78, 5) is 15.4. The zero-order valence-electron chi connectivity index (χ0n) is 30.9. The maximum Gasteiger partial charge on any atom is 0.306 e. The van der Waals surface area contributed by atoms with Gasteiger partial charge in [0.2, 0.25) is 0 Å². The highest BCUT2D eigenvalue weighted by molar-refractivity contribution is 5.69. The number of nitrogens with zero attached hydrogens (tertiary/aromatic N) is 1. The van der Waals surface area contributed by atoms with E-state index in [0.29, 0.717) is 18.3 Å². The molecule has 0 fully saturated rings. The Bertz CT molecular complexity index is 629. The molecule has 2 atom stereocenters. The Morgan fingerprint density at radius 3 is 1.59 bits per heavy atom. The molecular formula is C41H79NO2. The number of carbonyl (C=O) groups is 1. The number of rotatable bonds is 33. The van der Waals surface area contributed by atoms with Crippen LogP contribution in [0.3, 0.4) is 0 Å². The lowest BCUT2D eigenvalue weighted by atomic mass is 9.82. The first-order chi connectivity index (χ1) is 21.5. The van der Waals surface area contributed by atoms with E-state index in [1.54, 1.807) is 0 Å². The Balaban J connectivity index is 5.55. The topological polar surface area (TPSA) is 29.5 Å². The Labute approximate surface area is 277 Å². The third-order valence-electron chi connectivity index (χ3n) is 9.22. The second-order valence-electron chi connectivity index (χ2n) is 13.9. The fourth-order valence-corrected chi connectivity index (χ4v) is 6.33. The van der Waals surface area contributed by atoms with Crippen molar-refractivity contribution in [2.45, 2.75) is 201 Å². The SMILES string of the molecule is CCCCCC=CCCCC(CCCC=CCCCCC)C(CC(CCCC)CCCCCC)OC(=O)CCCCN(C)C. The van der Waals surface area contributed by atoms with Crippen molar-refractivity contribution in [3.05, 3.63) is 24.3 Å². The van der Waals surface area contributed by atoms with E-state index in [2.05, 4.69) is 71.0 Å². The molecule has 0 rings (SSSR count). The van der Waals surface area contributed by atoms with E-state index in [1.165, 1.54) is 128 Å². The van der Waals surface area contributed by atoms with Gasteiger partial charge in [-0.3, -0.25) is 4.79 Å². The van der Waals surface area contributed by atoms with E-state index in [9.17, 15) is 4.79 Å². The largest absolute Gasteiger partial charge is 0.462 e. The summed E-state index contributed by atoms with van der Waals surface area (Å²) in [5.41, 5.74) is 0. The minimum absolute atomic E-state index is 0.0469. The Kier molecular flexibility index (Phi) is 32.5. The summed E-state index contributed by atoms with van der Waals surface area (Å²) in [5.74, 6) is 1.20. The molecule has 0 spiro atoms. The molecule has 3 nitrogen and oxygen atoms in total. The molecule has 0 amide bonds. The number of esters is 1. The fraction of sp³-hybridized carbons (Fsp3) is 0.878. The number of unbranched alkanes of at least 4 members (excludes halogenated alkanes) is 13. The van der Waals surface area contributed by atoms with Gasteiger partial charge in [-0.1, -0.05) is 129 Å². The molecule has 260 valence electrons. The number of hydrogen-bond acceptors (Lipinski definition) is 3. The van der Waals surface area contributed by atoms with E-state index >= 15 is 0 Å². The van der Waals surface area contributed by atoms with Crippen LogP contribution in [0.1, 0.15) is 195 Å². The molecule has 0 radical (unpaired) electrons. The van der Waals surface area contributed by atoms with Crippen molar-refractivity contribution in [2.75, 3.05) is 20.6 Å². The lowest BCUT2D eigenvalue weighted by Crippen LogP contribution is -2.30. The van der Waals surface area contributed by atoms with Gasteiger partial charge in [0.25, 0.3) is 0 Å². The van der Waals surface area contributed by atoms with Crippen LogP contribution in [0.25, 0.3) is 0 Å². The van der Waals surface area contributed by atoms with Crippen LogP contribution in [-0.2, 0) is 9.53 Å². The quantitative estimate of drug-likeness (QED) is 0.0417. The Morgan fingerprint density at radius 1 is 0.568 bits per heavy atom. The van der Waals surface area contributed by atoms with Gasteiger partial charge in [0.05, 0.1) is 0 Å². The summed E-state index contributed by atoms with van der Waals surface area (Å²) in [7, 11) is 4.22. The summed E-state index contributed by atoms with van der Waals surface area (Å²) in [6, 6.07) is 0. The van der Waals surface area contributed by atoms with Gasteiger partial charge >= 0.3 is 5.97 Å². The minimum atomic E-state index is 0.0469. The van der Waals surface area contributed by atoms with Gasteiger partial charge in [-0.05, 0) is 116 Å². The standard InChI is InChI=1S/C41H79NO2/c1-7-11-15-18-20-22-24-27-33-39(34-28-25-23-21-19-16-12-8-2)40(44-41(43)35-29-30-36-42(5)6)37-38(31-14-10-4)32-26-17-13-9-3/h20-23,38-40H,7-19,24-37H2,1-6H3. The molecule has 0 aromatic heterocycles. The van der Waals surface area contributed by atoms with E-state index in [1.807, 2.05) is 0 Å². The molecule has 0 aromatic rings. The summed E-state index contributed by atoms with van der Waals surface area (Å²) >= 11 is 0. The van der Waals surface area contributed by atoms with Crippen molar-refractivity contribution in [1.29, 1.82) is 0 Å². The molecule has 44 heavy (non-hydrogen) atoms. The third kappa shape index (κ3) is 28.4. The summed E-state index contributed by atoms with van der Waals surface area (Å²) < 4.78 is 6.51. The molecule has 2 unspecified atom stereocenters. The fourth-order valence-electron chi connectivity index (χ4n) is 6.33. The zero-order valence-corrected chi connectivity index (χ0v) is 30.9. The maximum atomic E-state index is 13.2. The highest BCUT2D eigenvalue weighted by atomic mass is 16.5. The van der Waals surface area contributed by atoms with Gasteiger partial charge in [-0.2, -0.15) is 0 Å². The van der Waals surface area contributed by atoms with E-state index < -0.39 is 0 Å². The van der Waals surface area contributed by atoms with Crippen LogP contribution in [0.15, 0.2) is 24.3 Å². The average Bonchev–Trinajstić information content (AvgIpc) is 3.01. The number of hydrogen-bond donors (Lipinski definition) is 0. The number of allylic oxidation sites excluding steroid dienone is 4. The lowest BCUT2D eigenvalue weighted by Gasteiger charge is -2.31. The second kappa shape index (κ2) is 33.3. The summed E-state index contributed by atoms with van der Waals surface area (Å²) in [6.07, 6.45) is 41.1. The predicted octanol–water partition coefficient (Wildman–Crippen LogP) is 13.0. The van der Waals surface area contributed by atoms with Crippen molar-refractivity contribution in [3.63, 3.8) is 0 Å². The first kappa shape index (κ1) is 42.9.